The average Bonchev–Trinajstić information content (AvgIpc) is 2.43. The van der Waals surface area contributed by atoms with Crippen LogP contribution in [0.4, 0.5) is 0 Å². The van der Waals surface area contributed by atoms with E-state index in [0.29, 0.717) is 5.75 Å². The minimum atomic E-state index is -0.336. The molecule has 0 N–H and O–H groups in total. The monoisotopic (exact) mass is 278 g/mol. The fraction of sp³-hybridized carbons (Fsp3) is 0.500. The molecule has 0 saturated heterocycles. The van der Waals surface area contributed by atoms with Gasteiger partial charge in [-0.2, -0.15) is 0 Å². The van der Waals surface area contributed by atoms with Gasteiger partial charge in [-0.3, -0.25) is 0 Å². The molecule has 1 aliphatic rings. The van der Waals surface area contributed by atoms with Crippen LogP contribution in [0.25, 0.3) is 6.08 Å². The van der Waals surface area contributed by atoms with Gasteiger partial charge in [-0.25, -0.2) is 0 Å². The van der Waals surface area contributed by atoms with Gasteiger partial charge < -0.3 is 18.9 Å². The van der Waals surface area contributed by atoms with Gasteiger partial charge in [-0.15, -0.1) is 0 Å². The Hall–Kier alpha value is -1.68. The molecule has 0 amide bonds. The van der Waals surface area contributed by atoms with Crippen molar-refractivity contribution in [1.29, 1.82) is 0 Å². The average molecular weight is 278 g/mol. The first-order valence-electron chi connectivity index (χ1n) is 6.63. The minimum absolute atomic E-state index is 0.131. The predicted molar refractivity (Wildman–Crippen MR) is 78.7 cm³/mol. The first kappa shape index (κ1) is 14.7. The normalized spacial score (nSPS) is 17.1. The van der Waals surface area contributed by atoms with E-state index in [9.17, 15) is 0 Å². The largest absolute Gasteiger partial charge is 0.496 e. The molecule has 0 fully saturated rings. The van der Waals surface area contributed by atoms with E-state index in [2.05, 4.69) is 0 Å². The van der Waals surface area contributed by atoms with Crippen molar-refractivity contribution in [2.45, 2.75) is 32.5 Å². The molecule has 0 bridgehead atoms. The molecule has 1 aromatic rings. The van der Waals surface area contributed by atoms with Crippen molar-refractivity contribution in [3.8, 4) is 17.2 Å². The van der Waals surface area contributed by atoms with Gasteiger partial charge in [0.15, 0.2) is 0 Å². The van der Waals surface area contributed by atoms with E-state index in [4.69, 9.17) is 18.9 Å². The van der Waals surface area contributed by atoms with Gasteiger partial charge in [0, 0.05) is 13.2 Å². The summed E-state index contributed by atoms with van der Waals surface area (Å²) in [5.74, 6) is 2.21. The molecule has 1 aliphatic heterocycles. The molecule has 2 rings (SSSR count). The van der Waals surface area contributed by atoms with Crippen LogP contribution in [0, 0.1) is 0 Å². The Balaban J connectivity index is 2.67. The van der Waals surface area contributed by atoms with Crippen LogP contribution in [-0.2, 0) is 4.74 Å². The lowest BCUT2D eigenvalue weighted by molar-refractivity contribution is 0.113. The van der Waals surface area contributed by atoms with E-state index >= 15 is 0 Å². The highest BCUT2D eigenvalue weighted by atomic mass is 16.5. The summed E-state index contributed by atoms with van der Waals surface area (Å²) in [7, 11) is 4.95. The number of benzene rings is 1. The quantitative estimate of drug-likeness (QED) is 0.843. The van der Waals surface area contributed by atoms with Crippen LogP contribution in [0.1, 0.15) is 38.0 Å². The summed E-state index contributed by atoms with van der Waals surface area (Å²) in [5, 5.41) is 0. The zero-order chi connectivity index (χ0) is 14.9. The molecule has 0 aliphatic carbocycles. The number of ether oxygens (including phenoxy) is 4. The lowest BCUT2D eigenvalue weighted by Crippen LogP contribution is -2.27. The highest BCUT2D eigenvalue weighted by molar-refractivity contribution is 5.72. The summed E-state index contributed by atoms with van der Waals surface area (Å²) in [5.41, 5.74) is 1.48. The summed E-state index contributed by atoms with van der Waals surface area (Å²) in [6, 6.07) is 1.90. The summed E-state index contributed by atoms with van der Waals surface area (Å²) in [6.45, 7) is 5.98. The van der Waals surface area contributed by atoms with E-state index in [0.717, 1.165) is 22.6 Å². The Kier molecular flexibility index (Phi) is 3.95. The Bertz CT molecular complexity index is 532. The maximum atomic E-state index is 5.99. The summed E-state index contributed by atoms with van der Waals surface area (Å²) >= 11 is 0. The van der Waals surface area contributed by atoms with Crippen LogP contribution in [-0.4, -0.2) is 26.9 Å². The lowest BCUT2D eigenvalue weighted by atomic mass is 9.97. The molecular weight excluding hydrogens is 256 g/mol. The van der Waals surface area contributed by atoms with Crippen LogP contribution in [0.5, 0.6) is 17.2 Å². The molecule has 0 radical (unpaired) electrons. The SMILES string of the molecule is COc1cc2c(c(OC)c1[C@H](C)OC)C=CC(C)(C)O2. The number of methoxy groups -OCH3 is 3. The number of fused-ring (bicyclic) bond motifs is 1. The highest BCUT2D eigenvalue weighted by Crippen LogP contribution is 2.46. The maximum Gasteiger partial charge on any atom is 0.139 e. The molecule has 0 saturated carbocycles. The van der Waals surface area contributed by atoms with Gasteiger partial charge in [0.1, 0.15) is 22.8 Å². The first-order valence-corrected chi connectivity index (χ1v) is 6.63. The van der Waals surface area contributed by atoms with Crippen LogP contribution < -0.4 is 14.2 Å². The van der Waals surface area contributed by atoms with Crippen molar-refractivity contribution in [2.24, 2.45) is 0 Å². The Morgan fingerprint density at radius 1 is 1.15 bits per heavy atom. The zero-order valence-electron chi connectivity index (χ0n) is 12.9. The molecule has 1 aromatic carbocycles. The summed E-state index contributed by atoms with van der Waals surface area (Å²) in [4.78, 5) is 0. The van der Waals surface area contributed by atoms with E-state index < -0.39 is 0 Å². The number of hydrogen-bond donors (Lipinski definition) is 0. The third kappa shape index (κ3) is 2.48. The Morgan fingerprint density at radius 2 is 1.85 bits per heavy atom. The van der Waals surface area contributed by atoms with Crippen molar-refractivity contribution in [2.75, 3.05) is 21.3 Å². The zero-order valence-corrected chi connectivity index (χ0v) is 12.9. The van der Waals surface area contributed by atoms with Crippen LogP contribution in [0.3, 0.4) is 0 Å². The standard InChI is InChI=1S/C16H22O4/c1-10(17-4)14-13(18-5)9-12-11(15(14)19-6)7-8-16(2,3)20-12/h7-10H,1-6H3/t10-/m0/s1. The molecule has 1 heterocycles. The third-order valence-electron chi connectivity index (χ3n) is 3.49. The molecule has 0 unspecified atom stereocenters. The second kappa shape index (κ2) is 5.37. The Morgan fingerprint density at radius 3 is 2.40 bits per heavy atom. The molecule has 4 heteroatoms. The first-order chi connectivity index (χ1) is 9.43. The molecular formula is C16H22O4. The van der Waals surface area contributed by atoms with Crippen molar-refractivity contribution in [3.05, 3.63) is 23.3 Å². The van der Waals surface area contributed by atoms with Crippen molar-refractivity contribution in [1.82, 2.24) is 0 Å². The topological polar surface area (TPSA) is 36.9 Å². The van der Waals surface area contributed by atoms with E-state index in [-0.39, 0.29) is 11.7 Å². The fourth-order valence-corrected chi connectivity index (χ4v) is 2.38. The van der Waals surface area contributed by atoms with Gasteiger partial charge in [0.25, 0.3) is 0 Å². The van der Waals surface area contributed by atoms with Crippen molar-refractivity contribution >= 4 is 6.08 Å². The molecule has 4 nitrogen and oxygen atoms in total. The molecule has 0 aromatic heterocycles. The lowest BCUT2D eigenvalue weighted by Gasteiger charge is -2.30. The fourth-order valence-electron chi connectivity index (χ4n) is 2.38. The number of hydrogen-bond acceptors (Lipinski definition) is 4. The highest BCUT2D eigenvalue weighted by Gasteiger charge is 2.29. The van der Waals surface area contributed by atoms with Gasteiger partial charge in [0.05, 0.1) is 31.5 Å². The van der Waals surface area contributed by atoms with Crippen molar-refractivity contribution < 1.29 is 18.9 Å². The van der Waals surface area contributed by atoms with Crippen LogP contribution >= 0.6 is 0 Å². The second-order valence-corrected chi connectivity index (χ2v) is 5.35. The van der Waals surface area contributed by atoms with Gasteiger partial charge in [0.2, 0.25) is 0 Å². The second-order valence-electron chi connectivity index (χ2n) is 5.35. The maximum absolute atomic E-state index is 5.99. The minimum Gasteiger partial charge on any atom is -0.496 e. The van der Waals surface area contributed by atoms with E-state index in [1.165, 1.54) is 0 Å². The summed E-state index contributed by atoms with van der Waals surface area (Å²) < 4.78 is 22.5. The van der Waals surface area contributed by atoms with Crippen LogP contribution in [0.15, 0.2) is 12.1 Å². The van der Waals surface area contributed by atoms with E-state index in [1.54, 1.807) is 21.3 Å². The predicted octanol–water partition coefficient (Wildman–Crippen LogP) is 3.60. The summed E-state index contributed by atoms with van der Waals surface area (Å²) in [6.07, 6.45) is 3.92. The number of rotatable bonds is 4. The molecule has 20 heavy (non-hydrogen) atoms. The Labute approximate surface area is 120 Å². The van der Waals surface area contributed by atoms with Gasteiger partial charge in [-0.1, -0.05) is 0 Å². The third-order valence-corrected chi connectivity index (χ3v) is 3.49. The van der Waals surface area contributed by atoms with Gasteiger partial charge in [-0.05, 0) is 32.9 Å². The molecule has 110 valence electrons. The van der Waals surface area contributed by atoms with Crippen molar-refractivity contribution in [3.63, 3.8) is 0 Å². The molecule has 0 spiro atoms. The molecule has 1 atom stereocenters. The van der Waals surface area contributed by atoms with Crippen LogP contribution in [0.2, 0.25) is 0 Å². The van der Waals surface area contributed by atoms with Gasteiger partial charge >= 0.3 is 0 Å². The smallest absolute Gasteiger partial charge is 0.139 e. The van der Waals surface area contributed by atoms with E-state index in [1.807, 2.05) is 39.0 Å².